The Hall–Kier alpha value is -2.66. The molecule has 0 saturated carbocycles. The first-order valence-corrected chi connectivity index (χ1v) is 9.17. The molecule has 3 rings (SSSR count). The smallest absolute Gasteiger partial charge is 0.203 e. The molecule has 0 atom stereocenters. The highest BCUT2D eigenvalue weighted by atomic mass is 32.1. The topological polar surface area (TPSA) is 46.5 Å². The van der Waals surface area contributed by atoms with Crippen LogP contribution in [0.2, 0.25) is 0 Å². The van der Waals surface area contributed by atoms with E-state index < -0.39 is 0 Å². The summed E-state index contributed by atoms with van der Waals surface area (Å²) in [7, 11) is 0. The summed E-state index contributed by atoms with van der Waals surface area (Å²) in [5.41, 5.74) is 7.31. The number of rotatable bonds is 7. The van der Waals surface area contributed by atoms with E-state index in [9.17, 15) is 0 Å². The third-order valence-electron chi connectivity index (χ3n) is 3.58. The van der Waals surface area contributed by atoms with Crippen LogP contribution in [0.3, 0.4) is 0 Å². The Labute approximate surface area is 152 Å². The lowest BCUT2D eigenvalue weighted by Gasteiger charge is -2.03. The van der Waals surface area contributed by atoms with Gasteiger partial charge in [-0.25, -0.2) is 4.98 Å². The highest BCUT2D eigenvalue weighted by molar-refractivity contribution is 7.14. The van der Waals surface area contributed by atoms with Crippen LogP contribution in [-0.4, -0.2) is 17.8 Å². The molecule has 1 aromatic heterocycles. The lowest BCUT2D eigenvalue weighted by atomic mass is 10.1. The third kappa shape index (κ3) is 4.90. The second-order valence-electron chi connectivity index (χ2n) is 5.69. The number of hydrazone groups is 1. The number of nitrogens with zero attached hydrogens (tertiary/aromatic N) is 2. The van der Waals surface area contributed by atoms with Crippen LogP contribution in [0.15, 0.2) is 59.0 Å². The van der Waals surface area contributed by atoms with Gasteiger partial charge in [-0.3, -0.25) is 5.43 Å². The summed E-state index contributed by atoms with van der Waals surface area (Å²) < 4.78 is 5.57. The van der Waals surface area contributed by atoms with E-state index in [0.29, 0.717) is 0 Å². The number of ether oxygens (including phenoxy) is 1. The van der Waals surface area contributed by atoms with Gasteiger partial charge in [0.15, 0.2) is 0 Å². The minimum Gasteiger partial charge on any atom is -0.494 e. The Morgan fingerprint density at radius 3 is 2.60 bits per heavy atom. The van der Waals surface area contributed by atoms with Crippen molar-refractivity contribution in [3.8, 4) is 17.0 Å². The van der Waals surface area contributed by atoms with Gasteiger partial charge < -0.3 is 4.74 Å². The van der Waals surface area contributed by atoms with E-state index in [-0.39, 0.29) is 0 Å². The maximum absolute atomic E-state index is 5.57. The molecule has 0 bridgehead atoms. The fourth-order valence-corrected chi connectivity index (χ4v) is 2.88. The summed E-state index contributed by atoms with van der Waals surface area (Å²) >= 11 is 1.54. The number of aromatic nitrogens is 1. The van der Waals surface area contributed by atoms with Crippen LogP contribution in [-0.2, 0) is 0 Å². The average molecular weight is 351 g/mol. The minimum atomic E-state index is 0.738. The fourth-order valence-electron chi connectivity index (χ4n) is 2.21. The van der Waals surface area contributed by atoms with E-state index in [0.717, 1.165) is 40.7 Å². The van der Waals surface area contributed by atoms with Crippen LogP contribution in [0, 0.1) is 6.92 Å². The Kier molecular flexibility index (Phi) is 5.80. The average Bonchev–Trinajstić information content (AvgIpc) is 3.10. The summed E-state index contributed by atoms with van der Waals surface area (Å²) in [5, 5.41) is 7.06. The van der Waals surface area contributed by atoms with Crippen molar-refractivity contribution in [2.45, 2.75) is 20.3 Å². The number of aryl methyl sites for hydroxylation is 1. The second-order valence-corrected chi connectivity index (χ2v) is 6.55. The number of hydrogen-bond acceptors (Lipinski definition) is 5. The maximum atomic E-state index is 5.57. The molecule has 0 aliphatic rings. The van der Waals surface area contributed by atoms with Crippen molar-refractivity contribution in [2.24, 2.45) is 5.10 Å². The molecular weight excluding hydrogens is 330 g/mol. The SMILES string of the molecule is CCCOc1ccc(/C=N\Nc2nc(-c3ccc(C)cc3)cs2)cc1. The number of benzene rings is 2. The van der Waals surface area contributed by atoms with Crippen molar-refractivity contribution in [3.05, 3.63) is 65.0 Å². The first kappa shape index (κ1) is 17.2. The first-order valence-electron chi connectivity index (χ1n) is 8.29. The fraction of sp³-hybridized carbons (Fsp3) is 0.200. The Bertz CT molecular complexity index is 823. The van der Waals surface area contributed by atoms with E-state index in [1.54, 1.807) is 6.21 Å². The number of nitrogens with one attached hydrogen (secondary N) is 1. The predicted octanol–water partition coefficient (Wildman–Crippen LogP) is 5.35. The zero-order chi connectivity index (χ0) is 17.5. The normalized spacial score (nSPS) is 11.0. The summed E-state index contributed by atoms with van der Waals surface area (Å²) in [6.07, 6.45) is 2.78. The lowest BCUT2D eigenvalue weighted by Crippen LogP contribution is -1.95. The van der Waals surface area contributed by atoms with Crippen molar-refractivity contribution < 1.29 is 4.74 Å². The lowest BCUT2D eigenvalue weighted by molar-refractivity contribution is 0.317. The Morgan fingerprint density at radius 1 is 1.12 bits per heavy atom. The molecule has 4 nitrogen and oxygen atoms in total. The van der Waals surface area contributed by atoms with Crippen LogP contribution < -0.4 is 10.2 Å². The number of thiazole rings is 1. The molecule has 0 spiro atoms. The minimum absolute atomic E-state index is 0.738. The van der Waals surface area contributed by atoms with Crippen molar-refractivity contribution in [1.29, 1.82) is 0 Å². The standard InChI is InChI=1S/C20H21N3OS/c1-3-12-24-18-10-6-16(7-11-18)13-21-23-20-22-19(14-25-20)17-8-4-15(2)5-9-17/h4-11,13-14H,3,12H2,1-2H3,(H,22,23)/b21-13-. The zero-order valence-corrected chi connectivity index (χ0v) is 15.2. The predicted molar refractivity (Wildman–Crippen MR) is 106 cm³/mol. The molecule has 0 amide bonds. The van der Waals surface area contributed by atoms with Gasteiger partial charge in [-0.1, -0.05) is 36.8 Å². The summed E-state index contributed by atoms with van der Waals surface area (Å²) in [6, 6.07) is 16.2. The van der Waals surface area contributed by atoms with Gasteiger partial charge in [0.1, 0.15) is 5.75 Å². The monoisotopic (exact) mass is 351 g/mol. The molecule has 1 N–H and O–H groups in total. The van der Waals surface area contributed by atoms with E-state index >= 15 is 0 Å². The molecule has 0 aliphatic carbocycles. The van der Waals surface area contributed by atoms with Crippen LogP contribution in [0.5, 0.6) is 5.75 Å². The molecule has 0 unspecified atom stereocenters. The van der Waals surface area contributed by atoms with Gasteiger partial charge in [0.25, 0.3) is 0 Å². The van der Waals surface area contributed by atoms with Crippen molar-refractivity contribution in [3.63, 3.8) is 0 Å². The van der Waals surface area contributed by atoms with Gasteiger partial charge >= 0.3 is 0 Å². The third-order valence-corrected chi connectivity index (χ3v) is 4.33. The van der Waals surface area contributed by atoms with E-state index in [1.165, 1.54) is 16.9 Å². The zero-order valence-electron chi connectivity index (χ0n) is 14.4. The Morgan fingerprint density at radius 2 is 1.88 bits per heavy atom. The molecule has 25 heavy (non-hydrogen) atoms. The molecule has 0 radical (unpaired) electrons. The first-order chi connectivity index (χ1) is 12.2. The van der Waals surface area contributed by atoms with Gasteiger partial charge in [-0.15, -0.1) is 11.3 Å². The van der Waals surface area contributed by atoms with Crippen LogP contribution in [0.4, 0.5) is 5.13 Å². The van der Waals surface area contributed by atoms with Crippen molar-refractivity contribution >= 4 is 22.7 Å². The van der Waals surface area contributed by atoms with Gasteiger partial charge in [0.2, 0.25) is 5.13 Å². The molecule has 3 aromatic rings. The molecule has 1 heterocycles. The summed E-state index contributed by atoms with van der Waals surface area (Å²) in [6.45, 7) is 4.91. The largest absolute Gasteiger partial charge is 0.494 e. The summed E-state index contributed by atoms with van der Waals surface area (Å²) in [4.78, 5) is 4.56. The van der Waals surface area contributed by atoms with Crippen molar-refractivity contribution in [2.75, 3.05) is 12.0 Å². The highest BCUT2D eigenvalue weighted by Crippen LogP contribution is 2.25. The van der Waals surface area contributed by atoms with Gasteiger partial charge in [0, 0.05) is 10.9 Å². The van der Waals surface area contributed by atoms with E-state index in [2.05, 4.69) is 53.6 Å². The summed E-state index contributed by atoms with van der Waals surface area (Å²) in [5.74, 6) is 0.884. The molecule has 0 saturated heterocycles. The van der Waals surface area contributed by atoms with Crippen LogP contribution >= 0.6 is 11.3 Å². The van der Waals surface area contributed by atoms with Crippen LogP contribution in [0.25, 0.3) is 11.3 Å². The molecule has 128 valence electrons. The number of hydrogen-bond donors (Lipinski definition) is 1. The van der Waals surface area contributed by atoms with Crippen molar-refractivity contribution in [1.82, 2.24) is 4.98 Å². The molecular formula is C20H21N3OS. The molecule has 5 heteroatoms. The quantitative estimate of drug-likeness (QED) is 0.461. The van der Waals surface area contributed by atoms with Crippen LogP contribution in [0.1, 0.15) is 24.5 Å². The maximum Gasteiger partial charge on any atom is 0.203 e. The molecule has 2 aromatic carbocycles. The Balaban J connectivity index is 1.58. The van der Waals surface area contributed by atoms with Gasteiger partial charge in [-0.2, -0.15) is 5.10 Å². The van der Waals surface area contributed by atoms with Gasteiger partial charge in [0.05, 0.1) is 18.5 Å². The van der Waals surface area contributed by atoms with Gasteiger partial charge in [-0.05, 0) is 43.2 Å². The van der Waals surface area contributed by atoms with E-state index in [4.69, 9.17) is 4.74 Å². The van der Waals surface area contributed by atoms with E-state index in [1.807, 2.05) is 29.6 Å². The number of anilines is 1. The second kappa shape index (κ2) is 8.44. The molecule has 0 aliphatic heterocycles. The highest BCUT2D eigenvalue weighted by Gasteiger charge is 2.03. The molecule has 0 fully saturated rings.